The van der Waals surface area contributed by atoms with E-state index in [1.165, 1.54) is 12.4 Å². The molecule has 144 valence electrons. The number of nitrogens with two attached hydrogens (primary N) is 1. The summed E-state index contributed by atoms with van der Waals surface area (Å²) in [4.78, 5) is 18.1. The van der Waals surface area contributed by atoms with Crippen molar-refractivity contribution in [1.82, 2.24) is 19.9 Å². The van der Waals surface area contributed by atoms with Gasteiger partial charge in [-0.15, -0.1) is 0 Å². The van der Waals surface area contributed by atoms with Crippen LogP contribution in [0.25, 0.3) is 17.5 Å². The largest absolute Gasteiger partial charge is 0.353 e. The fraction of sp³-hybridized carbons (Fsp3) is 0.444. The summed E-state index contributed by atoms with van der Waals surface area (Å²) in [5.41, 5.74) is 6.40. The highest BCUT2D eigenvalue weighted by atomic mass is 19.3. The molecule has 0 spiro atoms. The fourth-order valence-corrected chi connectivity index (χ4v) is 3.14. The Morgan fingerprint density at radius 3 is 2.96 bits per heavy atom. The number of H-pyrrole nitrogens is 1. The van der Waals surface area contributed by atoms with Crippen LogP contribution in [-0.4, -0.2) is 51.2 Å². The second-order valence-electron chi connectivity index (χ2n) is 6.71. The summed E-state index contributed by atoms with van der Waals surface area (Å²) in [6.45, 7) is 3.69. The zero-order valence-corrected chi connectivity index (χ0v) is 15.1. The van der Waals surface area contributed by atoms with Crippen molar-refractivity contribution in [2.75, 3.05) is 18.0 Å². The van der Waals surface area contributed by atoms with Crippen molar-refractivity contribution in [2.24, 2.45) is 11.7 Å². The summed E-state index contributed by atoms with van der Waals surface area (Å²) in [6.07, 6.45) is 4.85. The molecular formula is C18H23F2N7. The van der Waals surface area contributed by atoms with Gasteiger partial charge in [-0.1, -0.05) is 0 Å². The molecule has 3 rings (SSSR count). The van der Waals surface area contributed by atoms with E-state index in [4.69, 9.17) is 11.1 Å². The second-order valence-corrected chi connectivity index (χ2v) is 6.71. The molecule has 0 aromatic carbocycles. The minimum Gasteiger partial charge on any atom is -0.353 e. The van der Waals surface area contributed by atoms with Crippen LogP contribution < -0.4 is 10.6 Å². The Morgan fingerprint density at radius 1 is 1.41 bits per heavy atom. The molecule has 1 saturated heterocycles. The molecule has 0 saturated carbocycles. The molecule has 7 nitrogen and oxygen atoms in total. The molecule has 2 unspecified atom stereocenters. The van der Waals surface area contributed by atoms with Crippen molar-refractivity contribution in [1.29, 1.82) is 5.41 Å². The van der Waals surface area contributed by atoms with Gasteiger partial charge in [0.15, 0.2) is 0 Å². The van der Waals surface area contributed by atoms with Crippen LogP contribution in [0, 0.1) is 11.3 Å². The highest BCUT2D eigenvalue weighted by Crippen LogP contribution is 2.27. The number of allylic oxidation sites excluding steroid dienone is 1. The maximum absolute atomic E-state index is 12.4. The summed E-state index contributed by atoms with van der Waals surface area (Å²) >= 11 is 0. The van der Waals surface area contributed by atoms with Crippen LogP contribution in [0.2, 0.25) is 0 Å². The van der Waals surface area contributed by atoms with Gasteiger partial charge in [-0.2, -0.15) is 0 Å². The normalized spacial score (nSPS) is 20.6. The van der Waals surface area contributed by atoms with E-state index in [-0.39, 0.29) is 0 Å². The summed E-state index contributed by atoms with van der Waals surface area (Å²) in [5.74, 6) is 1.66. The average Bonchev–Trinajstić information content (AvgIpc) is 3.15. The molecule has 1 aliphatic heterocycles. The van der Waals surface area contributed by atoms with Gasteiger partial charge in [0.2, 0.25) is 0 Å². The third-order valence-corrected chi connectivity index (χ3v) is 4.79. The number of rotatable bonds is 6. The van der Waals surface area contributed by atoms with Crippen LogP contribution in [0.5, 0.6) is 0 Å². The highest BCUT2D eigenvalue weighted by molar-refractivity contribution is 5.97. The maximum Gasteiger partial charge on any atom is 0.279 e. The maximum atomic E-state index is 12.4. The molecule has 9 heteroatoms. The van der Waals surface area contributed by atoms with Gasteiger partial charge in [-0.25, -0.2) is 23.7 Å². The van der Waals surface area contributed by atoms with Crippen molar-refractivity contribution in [3.63, 3.8) is 0 Å². The SMILES string of the molecule is CC1CCC(CN)CN1c1cc(-c2cnc(/C=C\C(=N)C(F)F)[nH]2)ncn1. The minimum atomic E-state index is -2.80. The molecule has 0 aliphatic carbocycles. The molecular weight excluding hydrogens is 352 g/mol. The number of piperidine rings is 1. The van der Waals surface area contributed by atoms with Crippen LogP contribution >= 0.6 is 0 Å². The number of nitrogens with one attached hydrogen (secondary N) is 2. The molecule has 0 bridgehead atoms. The molecule has 27 heavy (non-hydrogen) atoms. The zero-order valence-electron chi connectivity index (χ0n) is 15.1. The van der Waals surface area contributed by atoms with Gasteiger partial charge in [-0.05, 0) is 44.4 Å². The second kappa shape index (κ2) is 8.34. The van der Waals surface area contributed by atoms with Gasteiger partial charge < -0.3 is 15.6 Å². The topological polar surface area (TPSA) is 108 Å². The number of aromatic nitrogens is 4. The van der Waals surface area contributed by atoms with E-state index in [0.717, 1.165) is 31.3 Å². The van der Waals surface area contributed by atoms with Gasteiger partial charge in [0, 0.05) is 18.7 Å². The fourth-order valence-electron chi connectivity index (χ4n) is 3.14. The van der Waals surface area contributed by atoms with E-state index >= 15 is 0 Å². The molecule has 2 aromatic rings. The van der Waals surface area contributed by atoms with Crippen LogP contribution in [0.1, 0.15) is 25.6 Å². The number of aromatic amines is 1. The molecule has 3 heterocycles. The number of hydrogen-bond donors (Lipinski definition) is 3. The summed E-state index contributed by atoms with van der Waals surface area (Å²) in [5, 5.41) is 7.14. The lowest BCUT2D eigenvalue weighted by Gasteiger charge is -2.38. The quantitative estimate of drug-likeness (QED) is 0.673. The Hall–Kier alpha value is -2.68. The first-order valence-corrected chi connectivity index (χ1v) is 8.86. The molecule has 0 radical (unpaired) electrons. The van der Waals surface area contributed by atoms with Gasteiger partial charge in [0.05, 0.1) is 23.3 Å². The van der Waals surface area contributed by atoms with E-state index in [1.54, 1.807) is 6.20 Å². The number of halogens is 2. The van der Waals surface area contributed by atoms with Crippen molar-refractivity contribution in [2.45, 2.75) is 32.2 Å². The predicted molar refractivity (Wildman–Crippen MR) is 101 cm³/mol. The lowest BCUT2D eigenvalue weighted by molar-refractivity contribution is 0.226. The summed E-state index contributed by atoms with van der Waals surface area (Å²) in [6, 6.07) is 2.26. The van der Waals surface area contributed by atoms with Crippen LogP contribution in [0.15, 0.2) is 24.7 Å². The number of alkyl halides is 2. The molecule has 0 amide bonds. The van der Waals surface area contributed by atoms with Gasteiger partial charge in [-0.3, -0.25) is 5.41 Å². The Balaban J connectivity index is 1.79. The van der Waals surface area contributed by atoms with Crippen LogP contribution in [0.4, 0.5) is 14.6 Å². The highest BCUT2D eigenvalue weighted by Gasteiger charge is 2.26. The van der Waals surface area contributed by atoms with Crippen molar-refractivity contribution in [3.8, 4) is 11.4 Å². The first kappa shape index (κ1) is 19.1. The number of imidazole rings is 1. The number of anilines is 1. The standard InChI is InChI=1S/C18H23F2N7/c1-11-2-3-12(7-21)9-27(11)17-6-14(24-10-25-17)15-8-23-16(26-15)5-4-13(22)18(19)20/h4-6,8,10-12,18,22H,2-3,7,9,21H2,1H3,(H,23,26)/b5-4-,22-13?. The average molecular weight is 375 g/mol. The van der Waals surface area contributed by atoms with E-state index in [9.17, 15) is 8.78 Å². The smallest absolute Gasteiger partial charge is 0.279 e. The van der Waals surface area contributed by atoms with Crippen LogP contribution in [0.3, 0.4) is 0 Å². The zero-order chi connectivity index (χ0) is 19.4. The molecule has 4 N–H and O–H groups in total. The van der Waals surface area contributed by atoms with Gasteiger partial charge >= 0.3 is 0 Å². The Kier molecular flexibility index (Phi) is 5.90. The van der Waals surface area contributed by atoms with E-state index in [0.29, 0.717) is 35.7 Å². The Bertz CT molecular complexity index is 818. The predicted octanol–water partition coefficient (Wildman–Crippen LogP) is 2.73. The van der Waals surface area contributed by atoms with E-state index in [1.807, 2.05) is 6.07 Å². The Labute approximate surface area is 156 Å². The lowest BCUT2D eigenvalue weighted by Crippen LogP contribution is -2.44. The van der Waals surface area contributed by atoms with Crippen molar-refractivity contribution in [3.05, 3.63) is 30.5 Å². The first-order chi connectivity index (χ1) is 13.0. The van der Waals surface area contributed by atoms with Gasteiger partial charge in [0.1, 0.15) is 18.0 Å². The molecule has 1 fully saturated rings. The molecule has 1 aliphatic rings. The molecule has 2 atom stereocenters. The van der Waals surface area contributed by atoms with E-state index < -0.39 is 12.1 Å². The monoisotopic (exact) mass is 375 g/mol. The van der Waals surface area contributed by atoms with Crippen molar-refractivity contribution < 1.29 is 8.78 Å². The summed E-state index contributed by atoms with van der Waals surface area (Å²) < 4.78 is 24.7. The third kappa shape index (κ3) is 4.54. The van der Waals surface area contributed by atoms with Crippen molar-refractivity contribution >= 4 is 17.6 Å². The van der Waals surface area contributed by atoms with Crippen LogP contribution in [-0.2, 0) is 0 Å². The summed E-state index contributed by atoms with van der Waals surface area (Å²) in [7, 11) is 0. The number of hydrogen-bond acceptors (Lipinski definition) is 6. The minimum absolute atomic E-state index is 0.371. The Morgan fingerprint density at radius 2 is 2.22 bits per heavy atom. The molecule has 2 aromatic heterocycles. The van der Waals surface area contributed by atoms with E-state index in [2.05, 4.69) is 31.8 Å². The lowest BCUT2D eigenvalue weighted by atomic mass is 9.93. The number of nitrogens with zero attached hydrogens (tertiary/aromatic N) is 4. The first-order valence-electron chi connectivity index (χ1n) is 8.86. The van der Waals surface area contributed by atoms with Gasteiger partial charge in [0.25, 0.3) is 6.43 Å². The third-order valence-electron chi connectivity index (χ3n) is 4.79.